The minimum atomic E-state index is -4.60. The average molecular weight is 451 g/mol. The second-order valence-corrected chi connectivity index (χ2v) is 7.52. The zero-order valence-corrected chi connectivity index (χ0v) is 17.6. The number of hydrogen-bond donors (Lipinski definition) is 1. The first-order valence-electron chi connectivity index (χ1n) is 10.4. The van der Waals surface area contributed by atoms with Gasteiger partial charge in [-0.3, -0.25) is 14.9 Å². The smallest absolute Gasteiger partial charge is 0.416 e. The molecule has 0 unspecified atom stereocenters. The Hall–Kier alpha value is -3.30. The Balaban J connectivity index is 1.90. The molecule has 172 valence electrons. The van der Waals surface area contributed by atoms with Gasteiger partial charge in [0, 0.05) is 24.7 Å². The van der Waals surface area contributed by atoms with Crippen molar-refractivity contribution in [2.75, 3.05) is 29.9 Å². The molecular formula is C22H24F3N3O4. The van der Waals surface area contributed by atoms with E-state index in [0.29, 0.717) is 25.2 Å². The van der Waals surface area contributed by atoms with Gasteiger partial charge < -0.3 is 15.0 Å². The molecule has 2 aromatic carbocycles. The predicted molar refractivity (Wildman–Crippen MR) is 114 cm³/mol. The topological polar surface area (TPSA) is 84.7 Å². The minimum absolute atomic E-state index is 0.0312. The lowest BCUT2D eigenvalue weighted by atomic mass is 10.1. The largest absolute Gasteiger partial charge is 0.491 e. The molecule has 1 aliphatic heterocycles. The third kappa shape index (κ3) is 5.49. The first-order chi connectivity index (χ1) is 15.2. The van der Waals surface area contributed by atoms with Crippen LogP contribution in [0.3, 0.4) is 0 Å². The number of rotatable bonds is 7. The fourth-order valence-electron chi connectivity index (χ4n) is 3.55. The first kappa shape index (κ1) is 23.4. The maximum atomic E-state index is 13.1. The molecule has 1 heterocycles. The summed E-state index contributed by atoms with van der Waals surface area (Å²) in [6, 6.07) is 6.92. The summed E-state index contributed by atoms with van der Waals surface area (Å²) >= 11 is 0. The first-order valence-corrected chi connectivity index (χ1v) is 10.4. The highest BCUT2D eigenvalue weighted by molar-refractivity contribution is 6.06. The van der Waals surface area contributed by atoms with Crippen LogP contribution >= 0.6 is 0 Å². The van der Waals surface area contributed by atoms with E-state index >= 15 is 0 Å². The Kier molecular flexibility index (Phi) is 7.22. The van der Waals surface area contributed by atoms with Crippen LogP contribution in [0.15, 0.2) is 36.4 Å². The van der Waals surface area contributed by atoms with Crippen LogP contribution in [0.5, 0.6) is 5.75 Å². The number of amides is 1. The Morgan fingerprint density at radius 2 is 1.88 bits per heavy atom. The highest BCUT2D eigenvalue weighted by Crippen LogP contribution is 2.36. The number of benzene rings is 2. The molecule has 0 aromatic heterocycles. The Morgan fingerprint density at radius 3 is 2.50 bits per heavy atom. The molecule has 0 saturated carbocycles. The van der Waals surface area contributed by atoms with Gasteiger partial charge in [-0.2, -0.15) is 13.2 Å². The SMILES string of the molecule is CCCOc1ccc(C(F)(F)F)cc1NC(=O)c1ccc(N2CCCCC2)c([N+](=O)[O-])c1. The fraction of sp³-hybridized carbons (Fsp3) is 0.409. The van der Waals surface area contributed by atoms with Gasteiger partial charge in [0.25, 0.3) is 11.6 Å². The van der Waals surface area contributed by atoms with Crippen molar-refractivity contribution in [1.29, 1.82) is 0 Å². The number of piperidine rings is 1. The maximum Gasteiger partial charge on any atom is 0.416 e. The molecule has 2 aromatic rings. The Morgan fingerprint density at radius 1 is 1.16 bits per heavy atom. The third-order valence-electron chi connectivity index (χ3n) is 5.15. The van der Waals surface area contributed by atoms with Gasteiger partial charge >= 0.3 is 6.18 Å². The highest BCUT2D eigenvalue weighted by atomic mass is 19.4. The van der Waals surface area contributed by atoms with Gasteiger partial charge in [-0.05, 0) is 56.0 Å². The predicted octanol–water partition coefficient (Wildman–Crippen LogP) is 5.65. The van der Waals surface area contributed by atoms with Crippen molar-refractivity contribution in [1.82, 2.24) is 0 Å². The van der Waals surface area contributed by atoms with Crippen LogP contribution in [0, 0.1) is 10.1 Å². The Labute approximate surface area is 183 Å². The summed E-state index contributed by atoms with van der Waals surface area (Å²) in [5, 5.41) is 14.0. The van der Waals surface area contributed by atoms with Crippen LogP contribution in [0.2, 0.25) is 0 Å². The second-order valence-electron chi connectivity index (χ2n) is 7.52. The lowest BCUT2D eigenvalue weighted by Crippen LogP contribution is -2.30. The Bertz CT molecular complexity index is 989. The van der Waals surface area contributed by atoms with E-state index in [9.17, 15) is 28.1 Å². The van der Waals surface area contributed by atoms with Crippen LogP contribution < -0.4 is 15.0 Å². The highest BCUT2D eigenvalue weighted by Gasteiger charge is 2.31. The molecule has 32 heavy (non-hydrogen) atoms. The van der Waals surface area contributed by atoms with Crippen molar-refractivity contribution in [3.63, 3.8) is 0 Å². The molecule has 0 radical (unpaired) electrons. The van der Waals surface area contributed by atoms with Gasteiger partial charge in [0.2, 0.25) is 0 Å². The molecule has 1 saturated heterocycles. The number of nitro benzene ring substituents is 1. The number of carbonyl (C=O) groups is 1. The number of nitro groups is 1. The van der Waals surface area contributed by atoms with E-state index in [4.69, 9.17) is 4.74 Å². The monoisotopic (exact) mass is 451 g/mol. The number of nitrogens with zero attached hydrogens (tertiary/aromatic N) is 2. The molecule has 10 heteroatoms. The molecule has 0 bridgehead atoms. The summed E-state index contributed by atoms with van der Waals surface area (Å²) in [5.74, 6) is -0.674. The summed E-state index contributed by atoms with van der Waals surface area (Å²) in [7, 11) is 0. The van der Waals surface area contributed by atoms with Gasteiger partial charge in [0.15, 0.2) is 0 Å². The fourth-order valence-corrected chi connectivity index (χ4v) is 3.55. The van der Waals surface area contributed by atoms with Crippen molar-refractivity contribution in [2.24, 2.45) is 0 Å². The van der Waals surface area contributed by atoms with Crippen LogP contribution in [0.1, 0.15) is 48.5 Å². The molecule has 0 spiro atoms. The van der Waals surface area contributed by atoms with Crippen molar-refractivity contribution in [3.05, 3.63) is 57.6 Å². The third-order valence-corrected chi connectivity index (χ3v) is 5.15. The van der Waals surface area contributed by atoms with Crippen molar-refractivity contribution in [2.45, 2.75) is 38.8 Å². The van der Waals surface area contributed by atoms with Gasteiger partial charge in [0.1, 0.15) is 11.4 Å². The molecule has 0 aliphatic carbocycles. The van der Waals surface area contributed by atoms with Crippen molar-refractivity contribution < 1.29 is 27.6 Å². The van der Waals surface area contributed by atoms with Crippen LogP contribution in [0.25, 0.3) is 0 Å². The molecule has 1 fully saturated rings. The summed E-state index contributed by atoms with van der Waals surface area (Å²) in [6.07, 6.45) is -1.06. The summed E-state index contributed by atoms with van der Waals surface area (Å²) < 4.78 is 44.9. The van der Waals surface area contributed by atoms with Crippen LogP contribution in [-0.2, 0) is 6.18 Å². The van der Waals surface area contributed by atoms with E-state index < -0.39 is 22.6 Å². The molecule has 7 nitrogen and oxygen atoms in total. The number of anilines is 2. The quantitative estimate of drug-likeness (QED) is 0.435. The number of ether oxygens (including phenoxy) is 1. The summed E-state index contributed by atoms with van der Waals surface area (Å²) in [6.45, 7) is 3.47. The van der Waals surface area contributed by atoms with Crippen LogP contribution in [0.4, 0.5) is 30.2 Å². The number of halogens is 3. The van der Waals surface area contributed by atoms with E-state index in [-0.39, 0.29) is 29.3 Å². The zero-order chi connectivity index (χ0) is 23.3. The summed E-state index contributed by atoms with van der Waals surface area (Å²) in [4.78, 5) is 25.8. The van der Waals surface area contributed by atoms with Gasteiger partial charge in [0.05, 0.1) is 22.8 Å². The number of alkyl halides is 3. The lowest BCUT2D eigenvalue weighted by Gasteiger charge is -2.28. The van der Waals surface area contributed by atoms with Crippen molar-refractivity contribution in [3.8, 4) is 5.75 Å². The second kappa shape index (κ2) is 9.88. The molecule has 1 N–H and O–H groups in total. The lowest BCUT2D eigenvalue weighted by molar-refractivity contribution is -0.384. The maximum absolute atomic E-state index is 13.1. The van der Waals surface area contributed by atoms with E-state index in [1.165, 1.54) is 12.1 Å². The molecule has 1 amide bonds. The van der Waals surface area contributed by atoms with E-state index in [0.717, 1.165) is 43.5 Å². The zero-order valence-electron chi connectivity index (χ0n) is 17.6. The van der Waals surface area contributed by atoms with E-state index in [1.807, 2.05) is 11.8 Å². The van der Waals surface area contributed by atoms with E-state index in [1.54, 1.807) is 0 Å². The van der Waals surface area contributed by atoms with Gasteiger partial charge in [-0.1, -0.05) is 6.92 Å². The molecule has 1 aliphatic rings. The average Bonchev–Trinajstić information content (AvgIpc) is 2.77. The minimum Gasteiger partial charge on any atom is -0.491 e. The summed E-state index contributed by atoms with van der Waals surface area (Å²) in [5.41, 5.74) is -0.913. The number of nitrogens with one attached hydrogen (secondary N) is 1. The van der Waals surface area contributed by atoms with Gasteiger partial charge in [-0.15, -0.1) is 0 Å². The number of hydrogen-bond acceptors (Lipinski definition) is 5. The van der Waals surface area contributed by atoms with E-state index in [2.05, 4.69) is 5.32 Å². The molecule has 0 atom stereocenters. The standard InChI is InChI=1S/C22H24F3N3O4/c1-2-12-32-20-9-7-16(22(23,24)25)14-17(20)26-21(29)15-6-8-18(19(13-15)28(30)31)27-10-4-3-5-11-27/h6-9,13-14H,2-5,10-12H2,1H3,(H,26,29). The number of carbonyl (C=O) groups excluding carboxylic acids is 1. The van der Waals surface area contributed by atoms with Gasteiger partial charge in [-0.25, -0.2) is 0 Å². The molecular weight excluding hydrogens is 427 g/mol. The van der Waals surface area contributed by atoms with Crippen molar-refractivity contribution >= 4 is 23.0 Å². The van der Waals surface area contributed by atoms with Crippen LogP contribution in [-0.4, -0.2) is 30.5 Å². The normalized spacial score (nSPS) is 14.2. The molecule has 3 rings (SSSR count).